The lowest BCUT2D eigenvalue weighted by Crippen LogP contribution is -2.37. The zero-order valence-corrected chi connectivity index (χ0v) is 12.2. The Morgan fingerprint density at radius 2 is 2.16 bits per heavy atom. The van der Waals surface area contributed by atoms with Gasteiger partial charge in [-0.25, -0.2) is 0 Å². The van der Waals surface area contributed by atoms with Crippen molar-refractivity contribution in [2.45, 2.75) is 19.5 Å². The summed E-state index contributed by atoms with van der Waals surface area (Å²) < 4.78 is 1.69. The Balaban J connectivity index is 3.37. The molecule has 1 aromatic heterocycles. The second-order valence-electron chi connectivity index (χ2n) is 4.62. The number of rotatable bonds is 5. The van der Waals surface area contributed by atoms with E-state index in [-0.39, 0.29) is 6.17 Å². The van der Waals surface area contributed by atoms with E-state index in [4.69, 9.17) is 5.41 Å². The number of anilines is 2. The van der Waals surface area contributed by atoms with Gasteiger partial charge in [0, 0.05) is 20.2 Å². The molecule has 0 aliphatic rings. The Morgan fingerprint density at radius 3 is 2.58 bits per heavy atom. The number of hydrogen-bond acceptors (Lipinski definition) is 5. The summed E-state index contributed by atoms with van der Waals surface area (Å²) in [6, 6.07) is 3.86. The van der Waals surface area contributed by atoms with Gasteiger partial charge in [0.15, 0.2) is 0 Å². The molecule has 1 rings (SSSR count). The molecule has 1 aromatic rings. The molecule has 0 aromatic carbocycles. The van der Waals surface area contributed by atoms with Crippen molar-refractivity contribution in [3.63, 3.8) is 0 Å². The van der Waals surface area contributed by atoms with Gasteiger partial charge in [-0.2, -0.15) is 5.26 Å². The van der Waals surface area contributed by atoms with Crippen molar-refractivity contribution < 1.29 is 0 Å². The van der Waals surface area contributed by atoms with Gasteiger partial charge in [-0.1, -0.05) is 6.92 Å². The van der Waals surface area contributed by atoms with E-state index in [2.05, 4.69) is 28.5 Å². The summed E-state index contributed by atoms with van der Waals surface area (Å²) in [4.78, 5) is 2.05. The van der Waals surface area contributed by atoms with Crippen LogP contribution in [0.5, 0.6) is 0 Å². The monoisotopic (exact) mass is 262 g/mol. The van der Waals surface area contributed by atoms with Gasteiger partial charge in [0.05, 0.1) is 11.9 Å². The molecule has 0 spiro atoms. The van der Waals surface area contributed by atoms with Gasteiger partial charge >= 0.3 is 0 Å². The van der Waals surface area contributed by atoms with Crippen molar-refractivity contribution in [1.82, 2.24) is 9.47 Å². The number of aromatic nitrogens is 1. The van der Waals surface area contributed by atoms with Crippen LogP contribution >= 0.6 is 0 Å². The Bertz CT molecular complexity index is 537. The molecule has 0 fully saturated rings. The molecule has 0 amide bonds. The second-order valence-corrected chi connectivity index (χ2v) is 4.62. The average molecular weight is 262 g/mol. The summed E-state index contributed by atoms with van der Waals surface area (Å²) in [7, 11) is 7.50. The van der Waals surface area contributed by atoms with Crippen molar-refractivity contribution in [1.29, 1.82) is 10.7 Å². The standard InChI is InChI=1S/C13H22N6/c1-6-12(18(3)4)17-13-9(8-14)10(16-2)7-11(15)19(13)5/h7,12,15-17H,6H2,1-5H3. The lowest BCUT2D eigenvalue weighted by molar-refractivity contribution is 0.314. The van der Waals surface area contributed by atoms with Gasteiger partial charge in [-0.3, -0.25) is 10.3 Å². The number of hydrogen-bond donors (Lipinski definition) is 3. The molecule has 0 aliphatic carbocycles. The molecule has 1 heterocycles. The van der Waals surface area contributed by atoms with Gasteiger partial charge in [-0.05, 0) is 20.5 Å². The molecule has 6 nitrogen and oxygen atoms in total. The van der Waals surface area contributed by atoms with E-state index < -0.39 is 0 Å². The van der Waals surface area contributed by atoms with E-state index in [0.29, 0.717) is 22.6 Å². The van der Waals surface area contributed by atoms with Crippen LogP contribution in [0.15, 0.2) is 6.07 Å². The first-order chi connectivity index (χ1) is 8.96. The van der Waals surface area contributed by atoms with Crippen LogP contribution in [0, 0.1) is 16.7 Å². The van der Waals surface area contributed by atoms with Crippen LogP contribution in [0.4, 0.5) is 11.5 Å². The first kappa shape index (κ1) is 15.1. The average Bonchev–Trinajstić information content (AvgIpc) is 2.39. The topological polar surface area (TPSA) is 79.9 Å². The summed E-state index contributed by atoms with van der Waals surface area (Å²) >= 11 is 0. The van der Waals surface area contributed by atoms with Crippen molar-refractivity contribution in [2.24, 2.45) is 7.05 Å². The van der Waals surface area contributed by atoms with E-state index >= 15 is 0 Å². The Morgan fingerprint density at radius 1 is 1.53 bits per heavy atom. The fourth-order valence-corrected chi connectivity index (χ4v) is 1.95. The molecule has 1 unspecified atom stereocenters. The van der Waals surface area contributed by atoms with Crippen molar-refractivity contribution in [3.8, 4) is 6.07 Å². The van der Waals surface area contributed by atoms with Crippen LogP contribution in [-0.2, 0) is 7.05 Å². The highest BCUT2D eigenvalue weighted by molar-refractivity contribution is 5.68. The zero-order valence-electron chi connectivity index (χ0n) is 12.2. The quantitative estimate of drug-likeness (QED) is 0.695. The molecule has 0 aliphatic heterocycles. The van der Waals surface area contributed by atoms with Crippen LogP contribution < -0.4 is 16.1 Å². The predicted octanol–water partition coefficient (Wildman–Crippen LogP) is 1.13. The molecule has 1 atom stereocenters. The summed E-state index contributed by atoms with van der Waals surface area (Å²) in [6.07, 6.45) is 1.01. The highest BCUT2D eigenvalue weighted by Crippen LogP contribution is 2.22. The normalized spacial score (nSPS) is 12.1. The summed E-state index contributed by atoms with van der Waals surface area (Å²) in [5.41, 5.74) is 1.54. The second kappa shape index (κ2) is 6.25. The first-order valence-electron chi connectivity index (χ1n) is 6.25. The lowest BCUT2D eigenvalue weighted by Gasteiger charge is -2.27. The maximum Gasteiger partial charge on any atom is 0.128 e. The summed E-state index contributed by atoms with van der Waals surface area (Å²) in [5, 5.41) is 23.6. The van der Waals surface area contributed by atoms with Gasteiger partial charge in [0.1, 0.15) is 22.9 Å². The highest BCUT2D eigenvalue weighted by atomic mass is 15.3. The van der Waals surface area contributed by atoms with Crippen molar-refractivity contribution in [3.05, 3.63) is 17.1 Å². The Hall–Kier alpha value is -2.00. The number of nitriles is 1. The maximum atomic E-state index is 9.35. The minimum atomic E-state index is 0.116. The van der Waals surface area contributed by atoms with Crippen LogP contribution in [-0.4, -0.2) is 36.8 Å². The summed E-state index contributed by atoms with van der Waals surface area (Å²) in [6.45, 7) is 2.08. The van der Waals surface area contributed by atoms with Crippen LogP contribution in [0.2, 0.25) is 0 Å². The van der Waals surface area contributed by atoms with E-state index in [0.717, 1.165) is 6.42 Å². The largest absolute Gasteiger partial charge is 0.387 e. The minimum Gasteiger partial charge on any atom is -0.387 e. The third kappa shape index (κ3) is 3.06. The molecule has 0 radical (unpaired) electrons. The van der Waals surface area contributed by atoms with Gasteiger partial charge in [0.2, 0.25) is 0 Å². The highest BCUT2D eigenvalue weighted by Gasteiger charge is 2.16. The Labute approximate surface area is 114 Å². The third-order valence-electron chi connectivity index (χ3n) is 3.18. The molecular weight excluding hydrogens is 240 g/mol. The molecule has 0 saturated heterocycles. The van der Waals surface area contributed by atoms with Crippen LogP contribution in [0.25, 0.3) is 0 Å². The third-order valence-corrected chi connectivity index (χ3v) is 3.18. The van der Waals surface area contributed by atoms with Crippen molar-refractivity contribution in [2.75, 3.05) is 31.8 Å². The fourth-order valence-electron chi connectivity index (χ4n) is 1.95. The number of nitrogens with one attached hydrogen (secondary N) is 3. The van der Waals surface area contributed by atoms with E-state index in [1.165, 1.54) is 0 Å². The van der Waals surface area contributed by atoms with E-state index in [1.807, 2.05) is 14.1 Å². The predicted molar refractivity (Wildman–Crippen MR) is 76.9 cm³/mol. The maximum absolute atomic E-state index is 9.35. The molecule has 0 bridgehead atoms. The fraction of sp³-hybridized carbons (Fsp3) is 0.538. The molecule has 6 heteroatoms. The lowest BCUT2D eigenvalue weighted by atomic mass is 10.2. The van der Waals surface area contributed by atoms with E-state index in [9.17, 15) is 5.26 Å². The van der Waals surface area contributed by atoms with Gasteiger partial charge in [0.25, 0.3) is 0 Å². The van der Waals surface area contributed by atoms with Crippen molar-refractivity contribution >= 4 is 11.5 Å². The van der Waals surface area contributed by atoms with Gasteiger partial charge in [-0.15, -0.1) is 0 Å². The molecule has 3 N–H and O–H groups in total. The van der Waals surface area contributed by atoms with E-state index in [1.54, 1.807) is 24.7 Å². The smallest absolute Gasteiger partial charge is 0.128 e. The Kier molecular flexibility index (Phi) is 4.95. The summed E-state index contributed by atoms with van der Waals surface area (Å²) in [5.74, 6) is 0.667. The molecule has 104 valence electrons. The zero-order chi connectivity index (χ0) is 14.6. The molecule has 19 heavy (non-hydrogen) atoms. The SMILES string of the molecule is CCC(Nc1c(C#N)c(NC)cc(=N)n1C)N(C)C. The minimum absolute atomic E-state index is 0.116. The number of nitrogens with zero attached hydrogens (tertiary/aromatic N) is 3. The van der Waals surface area contributed by atoms with Crippen LogP contribution in [0.3, 0.4) is 0 Å². The van der Waals surface area contributed by atoms with Gasteiger partial charge < -0.3 is 15.2 Å². The number of pyridine rings is 1. The first-order valence-corrected chi connectivity index (χ1v) is 6.25. The molecular formula is C13H22N6. The molecule has 0 saturated carbocycles. The van der Waals surface area contributed by atoms with Crippen LogP contribution in [0.1, 0.15) is 18.9 Å².